The maximum atomic E-state index is 6.19. The van der Waals surface area contributed by atoms with Gasteiger partial charge in [0.15, 0.2) is 0 Å². The Bertz CT molecular complexity index is 997. The van der Waals surface area contributed by atoms with E-state index in [1.54, 1.807) is 0 Å². The van der Waals surface area contributed by atoms with Gasteiger partial charge in [0.05, 0.1) is 13.2 Å². The largest absolute Gasteiger partial charge is 0.494 e. The first-order valence-electron chi connectivity index (χ1n) is 14.1. The lowest BCUT2D eigenvalue weighted by molar-refractivity contribution is 0.205. The third kappa shape index (κ3) is 6.13. The van der Waals surface area contributed by atoms with Gasteiger partial charge in [-0.3, -0.25) is 0 Å². The fourth-order valence-electron chi connectivity index (χ4n) is 5.90. The molecule has 0 spiro atoms. The standard InChI is InChI=1S/C30H43N3O2/c1-2-33-29-13-11-25(34-21-9-19-31-15-5-3-6-16-31)23-27(29)28-24-26(12-14-30(28)33)35-22-10-20-32-17-7-4-8-18-32/h11-14,23-24H,2-10,15-22H2,1H3. The van der Waals surface area contributed by atoms with Crippen molar-refractivity contribution in [2.75, 3.05) is 52.5 Å². The van der Waals surface area contributed by atoms with E-state index in [-0.39, 0.29) is 0 Å². The summed E-state index contributed by atoms with van der Waals surface area (Å²) in [5, 5.41) is 2.52. The first-order valence-corrected chi connectivity index (χ1v) is 14.1. The van der Waals surface area contributed by atoms with E-state index in [1.807, 2.05) is 0 Å². The van der Waals surface area contributed by atoms with E-state index in [4.69, 9.17) is 9.47 Å². The summed E-state index contributed by atoms with van der Waals surface area (Å²) >= 11 is 0. The van der Waals surface area contributed by atoms with Crippen molar-refractivity contribution < 1.29 is 9.47 Å². The number of hydrogen-bond donors (Lipinski definition) is 0. The Hall–Kier alpha value is -2.24. The van der Waals surface area contributed by atoms with Gasteiger partial charge in [-0.15, -0.1) is 0 Å². The van der Waals surface area contributed by atoms with Gasteiger partial charge >= 0.3 is 0 Å². The van der Waals surface area contributed by atoms with Crippen LogP contribution in [0.4, 0.5) is 0 Å². The van der Waals surface area contributed by atoms with E-state index < -0.39 is 0 Å². The molecule has 0 bridgehead atoms. The summed E-state index contributed by atoms with van der Waals surface area (Å²) < 4.78 is 14.8. The normalized spacial score (nSPS) is 17.9. The summed E-state index contributed by atoms with van der Waals surface area (Å²) in [7, 11) is 0. The lowest BCUT2D eigenvalue weighted by Crippen LogP contribution is -2.31. The van der Waals surface area contributed by atoms with Crippen LogP contribution in [-0.2, 0) is 6.54 Å². The van der Waals surface area contributed by atoms with Crippen LogP contribution < -0.4 is 9.47 Å². The van der Waals surface area contributed by atoms with Crippen LogP contribution in [0.2, 0.25) is 0 Å². The second-order valence-electron chi connectivity index (χ2n) is 10.3. The molecule has 2 aromatic carbocycles. The van der Waals surface area contributed by atoms with Gasteiger partial charge in [-0.2, -0.15) is 0 Å². The quantitative estimate of drug-likeness (QED) is 0.302. The molecule has 1 aromatic heterocycles. The van der Waals surface area contributed by atoms with E-state index in [0.29, 0.717) is 0 Å². The molecule has 190 valence electrons. The minimum atomic E-state index is 0.778. The molecule has 0 atom stereocenters. The fraction of sp³-hybridized carbons (Fsp3) is 0.600. The molecule has 2 saturated heterocycles. The van der Waals surface area contributed by atoms with Gasteiger partial charge in [0.25, 0.3) is 0 Å². The summed E-state index contributed by atoms with van der Waals surface area (Å²) in [6.45, 7) is 12.0. The van der Waals surface area contributed by atoms with E-state index in [1.165, 1.54) is 86.5 Å². The zero-order chi connectivity index (χ0) is 23.9. The molecule has 0 unspecified atom stereocenters. The van der Waals surface area contributed by atoms with Crippen LogP contribution in [0.15, 0.2) is 36.4 Å². The van der Waals surface area contributed by atoms with Crippen molar-refractivity contribution in [3.8, 4) is 11.5 Å². The average molecular weight is 478 g/mol. The van der Waals surface area contributed by atoms with Gasteiger partial charge in [0.2, 0.25) is 0 Å². The van der Waals surface area contributed by atoms with Gasteiger partial charge in [0.1, 0.15) is 11.5 Å². The van der Waals surface area contributed by atoms with Crippen LogP contribution in [-0.4, -0.2) is 66.8 Å². The number of aryl methyl sites for hydroxylation is 1. The molecule has 0 aliphatic carbocycles. The second kappa shape index (κ2) is 12.1. The number of aromatic nitrogens is 1. The Kier molecular flexibility index (Phi) is 8.48. The van der Waals surface area contributed by atoms with Crippen molar-refractivity contribution in [1.82, 2.24) is 14.4 Å². The molecule has 2 aliphatic rings. The van der Waals surface area contributed by atoms with Crippen LogP contribution >= 0.6 is 0 Å². The lowest BCUT2D eigenvalue weighted by atomic mass is 10.1. The predicted octanol–water partition coefficient (Wildman–Crippen LogP) is 6.32. The highest BCUT2D eigenvalue weighted by atomic mass is 16.5. The molecule has 5 rings (SSSR count). The molecule has 0 amide bonds. The number of fused-ring (bicyclic) bond motifs is 3. The molecule has 5 nitrogen and oxygen atoms in total. The third-order valence-electron chi connectivity index (χ3n) is 7.80. The van der Waals surface area contributed by atoms with Crippen LogP contribution in [0.1, 0.15) is 58.3 Å². The number of rotatable bonds is 11. The van der Waals surface area contributed by atoms with Crippen molar-refractivity contribution in [2.24, 2.45) is 0 Å². The van der Waals surface area contributed by atoms with E-state index >= 15 is 0 Å². The summed E-state index contributed by atoms with van der Waals surface area (Å²) in [5.74, 6) is 1.94. The van der Waals surface area contributed by atoms with Crippen LogP contribution in [0.5, 0.6) is 11.5 Å². The minimum absolute atomic E-state index is 0.778. The number of ether oxygens (including phenoxy) is 2. The first kappa shape index (κ1) is 24.5. The number of hydrogen-bond acceptors (Lipinski definition) is 4. The van der Waals surface area contributed by atoms with Gasteiger partial charge in [-0.25, -0.2) is 0 Å². The van der Waals surface area contributed by atoms with Crippen molar-refractivity contribution >= 4 is 21.8 Å². The minimum Gasteiger partial charge on any atom is -0.494 e. The van der Waals surface area contributed by atoms with E-state index in [0.717, 1.165) is 57.2 Å². The first-order chi connectivity index (χ1) is 17.3. The molecule has 3 heterocycles. The Morgan fingerprint density at radius 1 is 0.629 bits per heavy atom. The maximum Gasteiger partial charge on any atom is 0.120 e. The molecule has 5 heteroatoms. The number of likely N-dealkylation sites (tertiary alicyclic amines) is 2. The van der Waals surface area contributed by atoms with E-state index in [2.05, 4.69) is 57.7 Å². The molecule has 0 N–H and O–H groups in total. The van der Waals surface area contributed by atoms with Gasteiger partial charge in [-0.1, -0.05) is 12.8 Å². The van der Waals surface area contributed by atoms with Gasteiger partial charge in [-0.05, 0) is 108 Å². The highest BCUT2D eigenvalue weighted by Gasteiger charge is 2.13. The molecule has 2 fully saturated rings. The maximum absolute atomic E-state index is 6.19. The molecule has 0 saturated carbocycles. The zero-order valence-corrected chi connectivity index (χ0v) is 21.6. The van der Waals surface area contributed by atoms with Crippen molar-refractivity contribution in [2.45, 2.75) is 64.8 Å². The molecule has 2 aliphatic heterocycles. The molecule has 3 aromatic rings. The fourth-order valence-corrected chi connectivity index (χ4v) is 5.90. The van der Waals surface area contributed by atoms with Crippen molar-refractivity contribution in [3.63, 3.8) is 0 Å². The molecule has 35 heavy (non-hydrogen) atoms. The molecular formula is C30H43N3O2. The highest BCUT2D eigenvalue weighted by Crippen LogP contribution is 2.34. The number of benzene rings is 2. The van der Waals surface area contributed by atoms with Gasteiger partial charge in [0, 0.05) is 41.4 Å². The van der Waals surface area contributed by atoms with Crippen molar-refractivity contribution in [1.29, 1.82) is 0 Å². The van der Waals surface area contributed by atoms with Crippen LogP contribution in [0, 0.1) is 0 Å². The Labute approximate surface area is 211 Å². The Balaban J connectivity index is 1.22. The summed E-state index contributed by atoms with van der Waals surface area (Å²) in [6, 6.07) is 13.2. The average Bonchev–Trinajstić information content (AvgIpc) is 3.22. The topological polar surface area (TPSA) is 29.9 Å². The lowest BCUT2D eigenvalue weighted by Gasteiger charge is -2.26. The third-order valence-corrected chi connectivity index (χ3v) is 7.80. The summed E-state index contributed by atoms with van der Waals surface area (Å²) in [5.41, 5.74) is 2.54. The molecule has 0 radical (unpaired) electrons. The zero-order valence-electron chi connectivity index (χ0n) is 21.6. The van der Waals surface area contributed by atoms with E-state index in [9.17, 15) is 0 Å². The van der Waals surface area contributed by atoms with Crippen LogP contribution in [0.25, 0.3) is 21.8 Å². The predicted molar refractivity (Wildman–Crippen MR) is 146 cm³/mol. The van der Waals surface area contributed by atoms with Crippen LogP contribution in [0.3, 0.4) is 0 Å². The smallest absolute Gasteiger partial charge is 0.120 e. The Morgan fingerprint density at radius 3 is 1.51 bits per heavy atom. The summed E-state index contributed by atoms with van der Waals surface area (Å²) in [4.78, 5) is 5.16. The Morgan fingerprint density at radius 2 is 1.09 bits per heavy atom. The highest BCUT2D eigenvalue weighted by molar-refractivity contribution is 6.09. The summed E-state index contributed by atoms with van der Waals surface area (Å²) in [6.07, 6.45) is 10.4. The number of nitrogens with zero attached hydrogens (tertiary/aromatic N) is 3. The monoisotopic (exact) mass is 477 g/mol. The second-order valence-corrected chi connectivity index (χ2v) is 10.3. The van der Waals surface area contributed by atoms with Gasteiger partial charge < -0.3 is 23.8 Å². The van der Waals surface area contributed by atoms with Crippen molar-refractivity contribution in [3.05, 3.63) is 36.4 Å². The number of piperidine rings is 2. The SMILES string of the molecule is CCn1c2ccc(OCCCN3CCCCC3)cc2c2cc(OCCCN3CCCCC3)ccc21. The molecular weight excluding hydrogens is 434 g/mol.